The van der Waals surface area contributed by atoms with Crippen LogP contribution in [0.1, 0.15) is 28.7 Å². The highest BCUT2D eigenvalue weighted by atomic mass is 16.4. The average molecular weight is 260 g/mol. The van der Waals surface area contributed by atoms with E-state index in [1.165, 1.54) is 12.3 Å². The molecular formula is C14H16N2O3. The Labute approximate surface area is 111 Å². The number of carbonyl (C=O) groups is 1. The Morgan fingerprint density at radius 3 is 2.89 bits per heavy atom. The van der Waals surface area contributed by atoms with Crippen LogP contribution in [0.2, 0.25) is 0 Å². The van der Waals surface area contributed by atoms with Gasteiger partial charge < -0.3 is 15.5 Å². The third-order valence-electron chi connectivity index (χ3n) is 2.30. The minimum atomic E-state index is -1.12. The molecule has 1 unspecified atom stereocenters. The molecule has 1 atom stereocenters. The van der Waals surface area contributed by atoms with Crippen molar-refractivity contribution in [3.63, 3.8) is 0 Å². The Morgan fingerprint density at radius 2 is 2.26 bits per heavy atom. The molecule has 1 rings (SSSR count). The van der Waals surface area contributed by atoms with E-state index in [-0.39, 0.29) is 5.69 Å². The van der Waals surface area contributed by atoms with Crippen LogP contribution in [0.3, 0.4) is 0 Å². The summed E-state index contributed by atoms with van der Waals surface area (Å²) in [5.41, 5.74) is 0.888. The molecule has 0 amide bonds. The minimum Gasteiger partial charge on any atom is -0.477 e. The van der Waals surface area contributed by atoms with E-state index in [9.17, 15) is 9.90 Å². The Kier molecular flexibility index (Phi) is 5.50. The number of carboxylic acids is 1. The van der Waals surface area contributed by atoms with Crippen molar-refractivity contribution < 1.29 is 15.0 Å². The van der Waals surface area contributed by atoms with Crippen molar-refractivity contribution in [1.29, 1.82) is 0 Å². The van der Waals surface area contributed by atoms with Crippen LogP contribution in [0.5, 0.6) is 0 Å². The van der Waals surface area contributed by atoms with Gasteiger partial charge in [-0.1, -0.05) is 25.3 Å². The Bertz CT molecular complexity index is 509. The lowest BCUT2D eigenvalue weighted by molar-refractivity contribution is 0.0689. The highest BCUT2D eigenvalue weighted by Gasteiger charge is 2.10. The van der Waals surface area contributed by atoms with Crippen molar-refractivity contribution in [2.75, 3.05) is 0 Å². The van der Waals surface area contributed by atoms with Crippen LogP contribution in [0.25, 0.3) is 0 Å². The number of carboxylic acid groups (broad SMARTS) is 1. The lowest BCUT2D eigenvalue weighted by Gasteiger charge is -2.08. The molecule has 1 aromatic heterocycles. The first kappa shape index (κ1) is 14.7. The standard InChI is InChI=1S/C14H16N2O3/c1-3-15-10(2)6-4-9-13(17)11-7-5-8-12(16-11)14(18)19/h3-8,13,15,17H,1-2,9H2,(H,18,19)/b6-4-. The number of aromatic nitrogens is 1. The highest BCUT2D eigenvalue weighted by Crippen LogP contribution is 2.15. The zero-order chi connectivity index (χ0) is 14.3. The number of aromatic carboxylic acids is 1. The molecule has 100 valence electrons. The van der Waals surface area contributed by atoms with E-state index >= 15 is 0 Å². The predicted octanol–water partition coefficient (Wildman–Crippen LogP) is 2.01. The number of rotatable bonds is 7. The van der Waals surface area contributed by atoms with Crippen LogP contribution in [0.4, 0.5) is 0 Å². The summed E-state index contributed by atoms with van der Waals surface area (Å²) in [6.07, 6.45) is 4.38. The Hall–Kier alpha value is -2.40. The van der Waals surface area contributed by atoms with E-state index in [4.69, 9.17) is 5.11 Å². The molecule has 0 aliphatic carbocycles. The van der Waals surface area contributed by atoms with Crippen LogP contribution < -0.4 is 5.32 Å². The van der Waals surface area contributed by atoms with Crippen molar-refractivity contribution in [1.82, 2.24) is 10.3 Å². The molecule has 0 saturated heterocycles. The van der Waals surface area contributed by atoms with E-state index in [0.717, 1.165) is 0 Å². The first-order valence-corrected chi connectivity index (χ1v) is 5.65. The number of hydrogen-bond donors (Lipinski definition) is 3. The van der Waals surface area contributed by atoms with Crippen LogP contribution in [-0.2, 0) is 0 Å². The first-order valence-electron chi connectivity index (χ1n) is 5.65. The molecule has 1 aromatic rings. The molecule has 3 N–H and O–H groups in total. The average Bonchev–Trinajstić information content (AvgIpc) is 2.39. The fraction of sp³-hybridized carbons (Fsp3) is 0.143. The zero-order valence-electron chi connectivity index (χ0n) is 10.4. The maximum atomic E-state index is 10.8. The molecule has 0 fully saturated rings. The van der Waals surface area contributed by atoms with Gasteiger partial charge in [0.2, 0.25) is 0 Å². The van der Waals surface area contributed by atoms with Gasteiger partial charge in [-0.05, 0) is 30.8 Å². The molecular weight excluding hydrogens is 244 g/mol. The minimum absolute atomic E-state index is 0.0849. The quantitative estimate of drug-likeness (QED) is 0.653. The van der Waals surface area contributed by atoms with Crippen LogP contribution in [-0.4, -0.2) is 21.2 Å². The van der Waals surface area contributed by atoms with Gasteiger partial charge in [-0.3, -0.25) is 0 Å². The summed E-state index contributed by atoms with van der Waals surface area (Å²) < 4.78 is 0. The topological polar surface area (TPSA) is 82.5 Å². The van der Waals surface area contributed by atoms with Gasteiger partial charge in [0.1, 0.15) is 5.69 Å². The summed E-state index contributed by atoms with van der Waals surface area (Å²) in [6.45, 7) is 7.20. The second kappa shape index (κ2) is 7.13. The fourth-order valence-electron chi connectivity index (χ4n) is 1.40. The van der Waals surface area contributed by atoms with Crippen molar-refractivity contribution in [3.05, 3.63) is 66.8 Å². The second-order valence-corrected chi connectivity index (χ2v) is 3.78. The number of allylic oxidation sites excluding steroid dienone is 1. The predicted molar refractivity (Wildman–Crippen MR) is 72.4 cm³/mol. The molecule has 0 aromatic carbocycles. The van der Waals surface area contributed by atoms with Crippen molar-refractivity contribution in [2.24, 2.45) is 0 Å². The fourth-order valence-corrected chi connectivity index (χ4v) is 1.40. The largest absolute Gasteiger partial charge is 0.477 e. The van der Waals surface area contributed by atoms with Gasteiger partial charge in [-0.25, -0.2) is 9.78 Å². The molecule has 0 saturated carbocycles. The maximum Gasteiger partial charge on any atom is 0.354 e. The number of hydrogen-bond acceptors (Lipinski definition) is 4. The molecule has 5 heteroatoms. The monoisotopic (exact) mass is 260 g/mol. The molecule has 1 heterocycles. The molecule has 5 nitrogen and oxygen atoms in total. The number of aliphatic hydroxyl groups is 1. The van der Waals surface area contributed by atoms with Gasteiger partial charge in [-0.15, -0.1) is 0 Å². The lowest BCUT2D eigenvalue weighted by atomic mass is 10.1. The third kappa shape index (κ3) is 4.77. The van der Waals surface area contributed by atoms with E-state index in [0.29, 0.717) is 17.8 Å². The summed E-state index contributed by atoms with van der Waals surface area (Å²) in [6, 6.07) is 4.52. The zero-order valence-corrected chi connectivity index (χ0v) is 10.4. The lowest BCUT2D eigenvalue weighted by Crippen LogP contribution is -2.06. The van der Waals surface area contributed by atoms with E-state index in [1.807, 2.05) is 0 Å². The van der Waals surface area contributed by atoms with Crippen molar-refractivity contribution in [3.8, 4) is 0 Å². The van der Waals surface area contributed by atoms with Gasteiger partial charge in [0.15, 0.2) is 0 Å². The van der Waals surface area contributed by atoms with Gasteiger partial charge in [-0.2, -0.15) is 0 Å². The summed E-state index contributed by atoms with van der Waals surface area (Å²) in [4.78, 5) is 14.6. The van der Waals surface area contributed by atoms with E-state index < -0.39 is 12.1 Å². The number of pyridine rings is 1. The Balaban J connectivity index is 2.65. The summed E-state index contributed by atoms with van der Waals surface area (Å²) in [5.74, 6) is -1.12. The summed E-state index contributed by atoms with van der Waals surface area (Å²) in [5, 5.41) is 21.5. The third-order valence-corrected chi connectivity index (χ3v) is 2.30. The molecule has 0 radical (unpaired) electrons. The van der Waals surface area contributed by atoms with Gasteiger partial charge in [0.05, 0.1) is 11.8 Å². The highest BCUT2D eigenvalue weighted by molar-refractivity contribution is 5.85. The second-order valence-electron chi connectivity index (χ2n) is 3.78. The van der Waals surface area contributed by atoms with Crippen LogP contribution >= 0.6 is 0 Å². The van der Waals surface area contributed by atoms with Crippen LogP contribution in [0.15, 0.2) is 55.4 Å². The summed E-state index contributed by atoms with van der Waals surface area (Å²) in [7, 11) is 0. The van der Waals surface area contributed by atoms with Gasteiger partial charge in [0.25, 0.3) is 0 Å². The SMILES string of the molecule is C=CNC(=C)/C=C\CC(O)c1cccc(C(=O)O)n1. The normalized spacial score (nSPS) is 12.1. The van der Waals surface area contributed by atoms with Crippen molar-refractivity contribution >= 4 is 5.97 Å². The molecule has 19 heavy (non-hydrogen) atoms. The Morgan fingerprint density at radius 1 is 1.53 bits per heavy atom. The van der Waals surface area contributed by atoms with E-state index in [1.54, 1.807) is 24.3 Å². The molecule has 0 aliphatic rings. The van der Waals surface area contributed by atoms with E-state index in [2.05, 4.69) is 23.5 Å². The number of nitrogens with zero attached hydrogens (tertiary/aromatic N) is 1. The summed E-state index contributed by atoms with van der Waals surface area (Å²) >= 11 is 0. The van der Waals surface area contributed by atoms with Gasteiger partial charge >= 0.3 is 5.97 Å². The van der Waals surface area contributed by atoms with Crippen LogP contribution in [0, 0.1) is 0 Å². The number of aliphatic hydroxyl groups excluding tert-OH is 1. The molecule has 0 aliphatic heterocycles. The first-order chi connectivity index (χ1) is 9.04. The smallest absolute Gasteiger partial charge is 0.354 e. The number of nitrogens with one attached hydrogen (secondary N) is 1. The molecule has 0 spiro atoms. The maximum absolute atomic E-state index is 10.8. The van der Waals surface area contributed by atoms with Crippen molar-refractivity contribution in [2.45, 2.75) is 12.5 Å². The molecule has 0 bridgehead atoms. The van der Waals surface area contributed by atoms with Gasteiger partial charge in [0, 0.05) is 5.70 Å².